The van der Waals surface area contributed by atoms with Crippen molar-refractivity contribution >= 4 is 37.8 Å². The molecule has 0 saturated carbocycles. The SMILES string of the molecule is CS(=O)(=O)c1ccc(S(=O)CC(=O)c2cccs2)cc1. The first kappa shape index (κ1) is 15.1. The lowest BCUT2D eigenvalue weighted by Gasteiger charge is -2.02. The van der Waals surface area contributed by atoms with Crippen LogP contribution in [-0.2, 0) is 20.6 Å². The highest BCUT2D eigenvalue weighted by atomic mass is 32.2. The van der Waals surface area contributed by atoms with E-state index in [1.807, 2.05) is 0 Å². The van der Waals surface area contributed by atoms with Crippen molar-refractivity contribution in [1.29, 1.82) is 0 Å². The van der Waals surface area contributed by atoms with E-state index < -0.39 is 20.6 Å². The molecule has 1 atom stereocenters. The molecule has 0 aliphatic heterocycles. The lowest BCUT2D eigenvalue weighted by atomic mass is 10.3. The van der Waals surface area contributed by atoms with Crippen LogP contribution in [0.3, 0.4) is 0 Å². The molecule has 0 bridgehead atoms. The van der Waals surface area contributed by atoms with Gasteiger partial charge >= 0.3 is 0 Å². The Hall–Kier alpha value is -1.31. The molecule has 2 rings (SSSR count). The number of carbonyl (C=O) groups is 1. The lowest BCUT2D eigenvalue weighted by molar-refractivity contribution is 0.102. The van der Waals surface area contributed by atoms with Gasteiger partial charge in [-0.25, -0.2) is 8.42 Å². The van der Waals surface area contributed by atoms with E-state index in [9.17, 15) is 17.4 Å². The predicted octanol–water partition coefficient (Wildman–Crippen LogP) is 2.14. The second-order valence-electron chi connectivity index (χ2n) is 4.13. The molecule has 0 fully saturated rings. The zero-order valence-corrected chi connectivity index (χ0v) is 13.1. The Bertz CT molecular complexity index is 728. The van der Waals surface area contributed by atoms with Gasteiger partial charge in [0.05, 0.1) is 26.3 Å². The van der Waals surface area contributed by atoms with Gasteiger partial charge in [-0.1, -0.05) is 6.07 Å². The van der Waals surface area contributed by atoms with Gasteiger partial charge in [-0.3, -0.25) is 9.00 Å². The first-order valence-corrected chi connectivity index (χ1v) is 9.72. The Morgan fingerprint density at radius 3 is 2.35 bits per heavy atom. The molecule has 0 aliphatic rings. The van der Waals surface area contributed by atoms with Gasteiger partial charge in [0.25, 0.3) is 0 Å². The van der Waals surface area contributed by atoms with Crippen LogP contribution >= 0.6 is 11.3 Å². The summed E-state index contributed by atoms with van der Waals surface area (Å²) in [4.78, 5) is 13.0. The minimum absolute atomic E-state index is 0.0985. The number of rotatable bonds is 5. The van der Waals surface area contributed by atoms with Gasteiger partial charge in [-0.2, -0.15) is 0 Å². The molecule has 0 aliphatic carbocycles. The zero-order chi connectivity index (χ0) is 14.8. The molecule has 20 heavy (non-hydrogen) atoms. The maximum absolute atomic E-state index is 12.1. The zero-order valence-electron chi connectivity index (χ0n) is 10.6. The number of Topliss-reactive ketones (excluding diaryl/α,β-unsaturated/α-hetero) is 1. The summed E-state index contributed by atoms with van der Waals surface area (Å²) in [7, 11) is -4.74. The van der Waals surface area contributed by atoms with Gasteiger partial charge in [-0.05, 0) is 35.7 Å². The third-order valence-corrected chi connectivity index (χ3v) is 5.93. The molecule has 4 nitrogen and oxygen atoms in total. The maximum atomic E-state index is 12.1. The molecule has 0 amide bonds. The quantitative estimate of drug-likeness (QED) is 0.789. The van der Waals surface area contributed by atoms with Gasteiger partial charge in [0.15, 0.2) is 15.6 Å². The van der Waals surface area contributed by atoms with Crippen LogP contribution in [0.1, 0.15) is 9.67 Å². The van der Waals surface area contributed by atoms with E-state index in [-0.39, 0.29) is 16.4 Å². The van der Waals surface area contributed by atoms with Crippen molar-refractivity contribution in [2.24, 2.45) is 0 Å². The number of thiophene rings is 1. The number of carbonyl (C=O) groups excluding carboxylic acids is 1. The predicted molar refractivity (Wildman–Crippen MR) is 79.5 cm³/mol. The monoisotopic (exact) mass is 328 g/mol. The van der Waals surface area contributed by atoms with Crippen molar-refractivity contribution in [2.45, 2.75) is 9.79 Å². The van der Waals surface area contributed by atoms with Crippen molar-refractivity contribution in [3.63, 3.8) is 0 Å². The first-order valence-electron chi connectivity index (χ1n) is 5.63. The van der Waals surface area contributed by atoms with Gasteiger partial charge in [0, 0.05) is 11.2 Å². The largest absolute Gasteiger partial charge is 0.292 e. The highest BCUT2D eigenvalue weighted by Gasteiger charge is 2.14. The summed E-state index contributed by atoms with van der Waals surface area (Å²) >= 11 is 1.31. The van der Waals surface area contributed by atoms with Crippen LogP contribution in [0.15, 0.2) is 51.6 Å². The summed E-state index contributed by atoms with van der Waals surface area (Å²) < 4.78 is 34.7. The summed E-state index contributed by atoms with van der Waals surface area (Å²) in [5.41, 5.74) is 0. The van der Waals surface area contributed by atoms with Gasteiger partial charge in [0.1, 0.15) is 0 Å². The van der Waals surface area contributed by atoms with Gasteiger partial charge in [0.2, 0.25) is 0 Å². The third kappa shape index (κ3) is 3.62. The van der Waals surface area contributed by atoms with Gasteiger partial charge < -0.3 is 0 Å². The normalized spacial score (nSPS) is 13.1. The number of ketones is 1. The number of benzene rings is 1. The molecule has 1 unspecified atom stereocenters. The van der Waals surface area contributed by atoms with Crippen molar-refractivity contribution in [2.75, 3.05) is 12.0 Å². The van der Waals surface area contributed by atoms with Gasteiger partial charge in [-0.15, -0.1) is 11.3 Å². The average Bonchev–Trinajstić information content (AvgIpc) is 2.91. The van der Waals surface area contributed by atoms with Crippen molar-refractivity contribution in [3.05, 3.63) is 46.7 Å². The Morgan fingerprint density at radius 2 is 1.85 bits per heavy atom. The molecule has 0 radical (unpaired) electrons. The van der Waals surface area contributed by atoms with E-state index in [0.29, 0.717) is 9.77 Å². The number of hydrogen-bond acceptors (Lipinski definition) is 5. The summed E-state index contributed by atoms with van der Waals surface area (Å²) in [5, 5.41) is 1.79. The van der Waals surface area contributed by atoms with Crippen LogP contribution < -0.4 is 0 Å². The molecule has 2 aromatic rings. The average molecular weight is 328 g/mol. The van der Waals surface area contributed by atoms with Crippen molar-refractivity contribution < 1.29 is 17.4 Å². The molecule has 0 spiro atoms. The second kappa shape index (κ2) is 5.99. The van der Waals surface area contributed by atoms with Crippen LogP contribution in [0.4, 0.5) is 0 Å². The molecule has 1 aromatic carbocycles. The fraction of sp³-hybridized carbons (Fsp3) is 0.154. The molecule has 1 aromatic heterocycles. The third-order valence-electron chi connectivity index (χ3n) is 2.57. The van der Waals surface area contributed by atoms with E-state index in [4.69, 9.17) is 0 Å². The van der Waals surface area contributed by atoms with Crippen LogP contribution in [0.2, 0.25) is 0 Å². The Kier molecular flexibility index (Phi) is 4.52. The second-order valence-corrected chi connectivity index (χ2v) is 8.55. The van der Waals surface area contributed by atoms with Crippen LogP contribution in [0.5, 0.6) is 0 Å². The van der Waals surface area contributed by atoms with Crippen LogP contribution in [0.25, 0.3) is 0 Å². The summed E-state index contributed by atoms with van der Waals surface area (Å²) in [5.74, 6) is -0.274. The molecule has 106 valence electrons. The van der Waals surface area contributed by atoms with Crippen LogP contribution in [0, 0.1) is 0 Å². The number of sulfone groups is 1. The topological polar surface area (TPSA) is 68.3 Å². The van der Waals surface area contributed by atoms with Crippen molar-refractivity contribution in [3.8, 4) is 0 Å². The fourth-order valence-corrected chi connectivity index (χ4v) is 3.94. The Morgan fingerprint density at radius 1 is 1.20 bits per heavy atom. The molecule has 0 N–H and O–H groups in total. The van der Waals surface area contributed by atoms with E-state index in [1.54, 1.807) is 17.5 Å². The molecule has 7 heteroatoms. The number of hydrogen-bond donors (Lipinski definition) is 0. The molecular weight excluding hydrogens is 316 g/mol. The summed E-state index contributed by atoms with van der Waals surface area (Å²) in [6.07, 6.45) is 1.11. The van der Waals surface area contributed by atoms with E-state index in [0.717, 1.165) is 6.26 Å². The smallest absolute Gasteiger partial charge is 0.185 e. The van der Waals surface area contributed by atoms with E-state index >= 15 is 0 Å². The summed E-state index contributed by atoms with van der Waals surface area (Å²) in [6, 6.07) is 9.22. The summed E-state index contributed by atoms with van der Waals surface area (Å²) in [6.45, 7) is 0. The Balaban J connectivity index is 2.12. The molecule has 0 saturated heterocycles. The minimum atomic E-state index is -3.27. The lowest BCUT2D eigenvalue weighted by Crippen LogP contribution is -2.09. The van der Waals surface area contributed by atoms with E-state index in [2.05, 4.69) is 0 Å². The van der Waals surface area contributed by atoms with Crippen LogP contribution in [-0.4, -0.2) is 30.4 Å². The highest BCUT2D eigenvalue weighted by Crippen LogP contribution is 2.15. The fourth-order valence-electron chi connectivity index (χ4n) is 1.55. The van der Waals surface area contributed by atoms with E-state index in [1.165, 1.54) is 35.6 Å². The standard InChI is InChI=1S/C13H12O4S3/c1-20(16,17)11-6-4-10(5-7-11)19(15)9-12(14)13-3-2-8-18-13/h2-8H,9H2,1H3. The van der Waals surface area contributed by atoms with Crippen molar-refractivity contribution in [1.82, 2.24) is 0 Å². The Labute approximate surface area is 123 Å². The first-order chi connectivity index (χ1) is 9.38. The maximum Gasteiger partial charge on any atom is 0.185 e. The molecular formula is C13H12O4S3. The minimum Gasteiger partial charge on any atom is -0.292 e. The molecule has 1 heterocycles. The highest BCUT2D eigenvalue weighted by molar-refractivity contribution is 7.90.